The van der Waals surface area contributed by atoms with Crippen molar-refractivity contribution in [3.8, 4) is 0 Å². The summed E-state index contributed by atoms with van der Waals surface area (Å²) in [7, 11) is 0.211. The molecule has 4 nitrogen and oxygen atoms in total. The van der Waals surface area contributed by atoms with Gasteiger partial charge in [-0.2, -0.15) is 0 Å². The fourth-order valence-corrected chi connectivity index (χ4v) is 2.19. The Hall–Kier alpha value is -0.420. The van der Waals surface area contributed by atoms with E-state index in [1.54, 1.807) is 0 Å². The molecule has 0 aliphatic rings. The van der Waals surface area contributed by atoms with Crippen LogP contribution >= 0.6 is 0 Å². The van der Waals surface area contributed by atoms with Crippen LogP contribution in [0.15, 0.2) is 0 Å². The third-order valence-corrected chi connectivity index (χ3v) is 3.89. The van der Waals surface area contributed by atoms with Crippen LogP contribution in [0, 0.1) is 5.92 Å². The minimum absolute atomic E-state index is 0.0949. The summed E-state index contributed by atoms with van der Waals surface area (Å²) in [5.74, 6) is 0.170. The van der Waals surface area contributed by atoms with Crippen molar-refractivity contribution in [2.75, 3.05) is 7.11 Å². The Bertz CT molecular complexity index is 271. The summed E-state index contributed by atoms with van der Waals surface area (Å²) in [4.78, 5) is 11.3. The zero-order valence-electron chi connectivity index (χ0n) is 11.7. The highest BCUT2D eigenvalue weighted by Crippen LogP contribution is 2.14. The van der Waals surface area contributed by atoms with E-state index in [2.05, 4.69) is 23.3 Å². The summed E-state index contributed by atoms with van der Waals surface area (Å²) in [6.07, 6.45) is 1.06. The second-order valence-corrected chi connectivity index (χ2v) is 7.60. The Morgan fingerprint density at radius 3 is 2.24 bits per heavy atom. The quantitative estimate of drug-likeness (QED) is 0.746. The summed E-state index contributed by atoms with van der Waals surface area (Å²) in [6.45, 7) is 9.86. The molecule has 0 amide bonds. The lowest BCUT2D eigenvalue weighted by Crippen LogP contribution is -2.41. The molecular formula is C12H25NO3S. The van der Waals surface area contributed by atoms with Crippen molar-refractivity contribution in [2.45, 2.75) is 58.2 Å². The van der Waals surface area contributed by atoms with Crippen LogP contribution in [0.2, 0.25) is 0 Å². The van der Waals surface area contributed by atoms with Gasteiger partial charge in [0, 0.05) is 6.04 Å². The zero-order chi connectivity index (χ0) is 13.6. The molecule has 1 unspecified atom stereocenters. The molecular weight excluding hydrogens is 238 g/mol. The molecule has 0 aromatic rings. The maximum absolute atomic E-state index is 12.0. The highest BCUT2D eigenvalue weighted by molar-refractivity contribution is 7.84. The predicted octanol–water partition coefficient (Wildman–Crippen LogP) is 2.02. The normalized spacial score (nSPS) is 15.7. The standard InChI is InChI=1S/C12H25NO3S/c1-9(2)7-10(8-11(14)16-6)13-17(15)12(3,4)5/h9-10,13H,7-8H2,1-6H3/t10-,17?/m0/s1. The Morgan fingerprint density at radius 2 is 1.88 bits per heavy atom. The fourth-order valence-electron chi connectivity index (χ4n) is 1.35. The molecule has 0 bridgehead atoms. The van der Waals surface area contributed by atoms with E-state index < -0.39 is 11.0 Å². The first kappa shape index (κ1) is 16.6. The average molecular weight is 263 g/mol. The predicted molar refractivity (Wildman–Crippen MR) is 70.9 cm³/mol. The summed E-state index contributed by atoms with van der Waals surface area (Å²) < 4.78 is 19.3. The Morgan fingerprint density at radius 1 is 1.35 bits per heavy atom. The second-order valence-electron chi connectivity index (χ2n) is 5.61. The van der Waals surface area contributed by atoms with Gasteiger partial charge in [0.15, 0.2) is 0 Å². The molecule has 0 aliphatic carbocycles. The molecule has 0 fully saturated rings. The van der Waals surface area contributed by atoms with Crippen LogP contribution in [0.25, 0.3) is 0 Å². The third kappa shape index (κ3) is 7.49. The van der Waals surface area contributed by atoms with E-state index in [9.17, 15) is 9.00 Å². The Labute approximate surface area is 107 Å². The fraction of sp³-hybridized carbons (Fsp3) is 0.917. The van der Waals surface area contributed by atoms with Crippen LogP contribution in [0.4, 0.5) is 0 Å². The van der Waals surface area contributed by atoms with Gasteiger partial charge in [0.05, 0.1) is 29.3 Å². The van der Waals surface area contributed by atoms with Gasteiger partial charge in [-0.15, -0.1) is 0 Å². The SMILES string of the molecule is COC(=O)C[C@H](CC(C)C)NS(=O)C(C)(C)C. The lowest BCUT2D eigenvalue weighted by molar-refractivity contribution is -0.141. The van der Waals surface area contributed by atoms with Gasteiger partial charge in [0.25, 0.3) is 0 Å². The number of methoxy groups -OCH3 is 1. The molecule has 102 valence electrons. The largest absolute Gasteiger partial charge is 0.469 e. The third-order valence-electron chi connectivity index (χ3n) is 2.23. The van der Waals surface area contributed by atoms with E-state index in [-0.39, 0.29) is 23.2 Å². The average Bonchev–Trinajstić information content (AvgIpc) is 2.14. The lowest BCUT2D eigenvalue weighted by Gasteiger charge is -2.24. The molecule has 5 heteroatoms. The number of carbonyl (C=O) groups excluding carboxylic acids is 1. The minimum atomic E-state index is -1.16. The first-order valence-electron chi connectivity index (χ1n) is 5.91. The van der Waals surface area contributed by atoms with Gasteiger partial charge in [-0.3, -0.25) is 4.79 Å². The molecule has 17 heavy (non-hydrogen) atoms. The van der Waals surface area contributed by atoms with Crippen LogP contribution in [0.1, 0.15) is 47.5 Å². The lowest BCUT2D eigenvalue weighted by atomic mass is 10.0. The number of nitrogens with one attached hydrogen (secondary N) is 1. The van der Waals surface area contributed by atoms with E-state index in [0.29, 0.717) is 5.92 Å². The maximum Gasteiger partial charge on any atom is 0.307 e. The number of ether oxygens (including phenoxy) is 1. The highest BCUT2D eigenvalue weighted by atomic mass is 32.2. The Balaban J connectivity index is 4.48. The molecule has 0 saturated heterocycles. The van der Waals surface area contributed by atoms with Crippen molar-refractivity contribution in [2.24, 2.45) is 5.92 Å². The topological polar surface area (TPSA) is 55.4 Å². The van der Waals surface area contributed by atoms with Crippen LogP contribution in [-0.4, -0.2) is 28.1 Å². The molecule has 0 spiro atoms. The monoisotopic (exact) mass is 263 g/mol. The van der Waals surface area contributed by atoms with Crippen LogP contribution in [-0.2, 0) is 20.5 Å². The van der Waals surface area contributed by atoms with Crippen LogP contribution in [0.5, 0.6) is 0 Å². The molecule has 1 N–H and O–H groups in total. The van der Waals surface area contributed by atoms with E-state index >= 15 is 0 Å². The van der Waals surface area contributed by atoms with Crippen molar-refractivity contribution in [1.29, 1.82) is 0 Å². The van der Waals surface area contributed by atoms with Crippen molar-refractivity contribution in [1.82, 2.24) is 4.72 Å². The van der Waals surface area contributed by atoms with Gasteiger partial charge in [-0.1, -0.05) is 13.8 Å². The van der Waals surface area contributed by atoms with Gasteiger partial charge in [0.2, 0.25) is 0 Å². The highest BCUT2D eigenvalue weighted by Gasteiger charge is 2.24. The van der Waals surface area contributed by atoms with E-state index in [1.165, 1.54) is 7.11 Å². The molecule has 2 atom stereocenters. The van der Waals surface area contributed by atoms with Crippen molar-refractivity contribution >= 4 is 17.0 Å². The summed E-state index contributed by atoms with van der Waals surface area (Å²) in [6, 6.07) is -0.0949. The number of hydrogen-bond donors (Lipinski definition) is 1. The van der Waals surface area contributed by atoms with Gasteiger partial charge in [-0.05, 0) is 33.1 Å². The zero-order valence-corrected chi connectivity index (χ0v) is 12.5. The first-order chi connectivity index (χ1) is 7.66. The van der Waals surface area contributed by atoms with Crippen molar-refractivity contribution < 1.29 is 13.7 Å². The summed E-state index contributed by atoms with van der Waals surface area (Å²) >= 11 is 0. The van der Waals surface area contributed by atoms with Crippen LogP contribution < -0.4 is 4.72 Å². The number of esters is 1. The molecule has 0 aromatic heterocycles. The molecule has 0 aliphatic heterocycles. The van der Waals surface area contributed by atoms with E-state index in [1.807, 2.05) is 20.8 Å². The van der Waals surface area contributed by atoms with E-state index in [0.717, 1.165) is 6.42 Å². The van der Waals surface area contributed by atoms with E-state index in [4.69, 9.17) is 0 Å². The maximum atomic E-state index is 12.0. The van der Waals surface area contributed by atoms with Crippen molar-refractivity contribution in [3.05, 3.63) is 0 Å². The second kappa shape index (κ2) is 7.11. The first-order valence-corrected chi connectivity index (χ1v) is 7.06. The van der Waals surface area contributed by atoms with Crippen molar-refractivity contribution in [3.63, 3.8) is 0 Å². The molecule has 0 rings (SSSR count). The summed E-state index contributed by atoms with van der Waals surface area (Å²) in [5, 5.41) is 0. The van der Waals surface area contributed by atoms with Crippen LogP contribution in [0.3, 0.4) is 0 Å². The molecule has 0 radical (unpaired) electrons. The Kier molecular flexibility index (Phi) is 6.94. The van der Waals surface area contributed by atoms with Gasteiger partial charge in [-0.25, -0.2) is 8.93 Å². The molecule has 0 saturated carbocycles. The summed E-state index contributed by atoms with van der Waals surface area (Å²) in [5.41, 5.74) is 0. The number of carbonyl (C=O) groups is 1. The number of hydrogen-bond acceptors (Lipinski definition) is 3. The molecule has 0 aromatic carbocycles. The minimum Gasteiger partial charge on any atom is -0.469 e. The van der Waals surface area contributed by atoms with Gasteiger partial charge < -0.3 is 4.74 Å². The van der Waals surface area contributed by atoms with Gasteiger partial charge in [0.1, 0.15) is 0 Å². The molecule has 0 heterocycles. The van der Waals surface area contributed by atoms with Gasteiger partial charge >= 0.3 is 5.97 Å². The smallest absolute Gasteiger partial charge is 0.307 e. The number of rotatable bonds is 6.